The summed E-state index contributed by atoms with van der Waals surface area (Å²) in [4.78, 5) is 11.3. The van der Waals surface area contributed by atoms with Crippen molar-refractivity contribution in [2.75, 3.05) is 6.54 Å². The predicted octanol–water partition coefficient (Wildman–Crippen LogP) is 2.59. The third-order valence-electron chi connectivity index (χ3n) is 3.67. The van der Waals surface area contributed by atoms with Crippen LogP contribution >= 0.6 is 0 Å². The van der Waals surface area contributed by atoms with Gasteiger partial charge in [-0.25, -0.2) is 0 Å². The van der Waals surface area contributed by atoms with Crippen molar-refractivity contribution in [3.05, 3.63) is 35.9 Å². The molecule has 0 amide bonds. The van der Waals surface area contributed by atoms with Crippen molar-refractivity contribution in [3.8, 4) is 0 Å². The number of carboxylic acid groups (broad SMARTS) is 1. The van der Waals surface area contributed by atoms with Crippen molar-refractivity contribution < 1.29 is 9.90 Å². The average Bonchev–Trinajstić information content (AvgIpc) is 2.28. The zero-order chi connectivity index (χ0) is 12.3. The van der Waals surface area contributed by atoms with E-state index in [1.54, 1.807) is 0 Å². The Hall–Kier alpha value is -1.35. The van der Waals surface area contributed by atoms with Crippen LogP contribution in [-0.4, -0.2) is 17.6 Å². The molecular weight excluding hydrogens is 214 g/mol. The molecule has 0 aromatic heterocycles. The van der Waals surface area contributed by atoms with E-state index in [1.807, 2.05) is 30.3 Å². The maximum absolute atomic E-state index is 11.3. The van der Waals surface area contributed by atoms with Crippen molar-refractivity contribution in [1.82, 2.24) is 5.32 Å². The molecule has 3 heteroatoms. The first-order chi connectivity index (χ1) is 8.11. The van der Waals surface area contributed by atoms with Gasteiger partial charge in [0.1, 0.15) is 6.04 Å². The molecule has 1 unspecified atom stereocenters. The average molecular weight is 233 g/mol. The molecular formula is C14H19NO2. The van der Waals surface area contributed by atoms with Crippen molar-refractivity contribution >= 4 is 5.97 Å². The maximum atomic E-state index is 11.3. The number of benzene rings is 1. The van der Waals surface area contributed by atoms with Crippen LogP contribution in [0.1, 0.15) is 37.8 Å². The van der Waals surface area contributed by atoms with Gasteiger partial charge >= 0.3 is 5.97 Å². The molecule has 1 aliphatic carbocycles. The van der Waals surface area contributed by atoms with Gasteiger partial charge in [-0.1, -0.05) is 43.7 Å². The molecule has 1 aliphatic rings. The van der Waals surface area contributed by atoms with Gasteiger partial charge in [0.25, 0.3) is 0 Å². The van der Waals surface area contributed by atoms with Crippen LogP contribution in [0.4, 0.5) is 0 Å². The third kappa shape index (κ3) is 2.86. The quantitative estimate of drug-likeness (QED) is 0.821. The third-order valence-corrected chi connectivity index (χ3v) is 3.67. The summed E-state index contributed by atoms with van der Waals surface area (Å²) in [7, 11) is 0. The molecule has 1 saturated carbocycles. The molecule has 2 N–H and O–H groups in total. The lowest BCUT2D eigenvalue weighted by atomic mass is 9.70. The molecule has 17 heavy (non-hydrogen) atoms. The van der Waals surface area contributed by atoms with Gasteiger partial charge in [-0.3, -0.25) is 4.79 Å². The number of hydrogen-bond acceptors (Lipinski definition) is 2. The molecule has 0 bridgehead atoms. The van der Waals surface area contributed by atoms with Crippen LogP contribution in [0.2, 0.25) is 0 Å². The van der Waals surface area contributed by atoms with Crippen LogP contribution in [0.5, 0.6) is 0 Å². The fourth-order valence-corrected chi connectivity index (χ4v) is 2.30. The van der Waals surface area contributed by atoms with Gasteiger partial charge in [-0.05, 0) is 23.8 Å². The molecule has 0 spiro atoms. The number of hydrogen-bond donors (Lipinski definition) is 2. The Labute approximate surface area is 102 Å². The van der Waals surface area contributed by atoms with E-state index < -0.39 is 12.0 Å². The Kier molecular flexibility index (Phi) is 3.48. The molecule has 0 saturated heterocycles. The molecule has 1 atom stereocenters. The molecule has 1 aromatic carbocycles. The van der Waals surface area contributed by atoms with E-state index in [1.165, 1.54) is 19.3 Å². The highest BCUT2D eigenvalue weighted by molar-refractivity contribution is 5.75. The Morgan fingerprint density at radius 2 is 2.06 bits per heavy atom. The summed E-state index contributed by atoms with van der Waals surface area (Å²) in [6, 6.07) is 8.77. The summed E-state index contributed by atoms with van der Waals surface area (Å²) in [6.07, 6.45) is 3.66. The first-order valence-electron chi connectivity index (χ1n) is 6.12. The fourth-order valence-electron chi connectivity index (χ4n) is 2.30. The van der Waals surface area contributed by atoms with Crippen molar-refractivity contribution in [3.63, 3.8) is 0 Å². The first kappa shape index (κ1) is 12.1. The molecule has 1 aromatic rings. The zero-order valence-electron chi connectivity index (χ0n) is 10.1. The molecule has 2 rings (SSSR count). The van der Waals surface area contributed by atoms with Crippen LogP contribution in [0.3, 0.4) is 0 Å². The number of aliphatic carboxylic acids is 1. The molecule has 92 valence electrons. The van der Waals surface area contributed by atoms with E-state index in [4.69, 9.17) is 0 Å². The minimum atomic E-state index is -0.806. The zero-order valence-corrected chi connectivity index (χ0v) is 10.1. The second-order valence-electron chi connectivity index (χ2n) is 5.23. The van der Waals surface area contributed by atoms with E-state index >= 15 is 0 Å². The predicted molar refractivity (Wildman–Crippen MR) is 66.8 cm³/mol. The second kappa shape index (κ2) is 4.88. The minimum absolute atomic E-state index is 0.294. The highest BCUT2D eigenvalue weighted by Crippen LogP contribution is 2.39. The lowest BCUT2D eigenvalue weighted by molar-refractivity contribution is -0.139. The lowest BCUT2D eigenvalue weighted by Gasteiger charge is -2.39. The Morgan fingerprint density at radius 3 is 2.53 bits per heavy atom. The van der Waals surface area contributed by atoms with Gasteiger partial charge in [0.2, 0.25) is 0 Å². The largest absolute Gasteiger partial charge is 0.480 e. The van der Waals surface area contributed by atoms with E-state index in [9.17, 15) is 9.90 Å². The van der Waals surface area contributed by atoms with E-state index in [0.717, 1.165) is 12.1 Å². The number of carboxylic acids is 1. The Balaban J connectivity index is 2.01. The van der Waals surface area contributed by atoms with Crippen LogP contribution in [0.15, 0.2) is 30.3 Å². The van der Waals surface area contributed by atoms with Crippen LogP contribution in [-0.2, 0) is 4.79 Å². The van der Waals surface area contributed by atoms with E-state index in [-0.39, 0.29) is 0 Å². The van der Waals surface area contributed by atoms with Crippen LogP contribution in [0.25, 0.3) is 0 Å². The molecule has 3 nitrogen and oxygen atoms in total. The standard InChI is InChI=1S/C14H19NO2/c1-14(8-5-9-14)10-15-12(13(16)17)11-6-3-2-4-7-11/h2-4,6-7,12,15H,5,8-10H2,1H3,(H,16,17). The molecule has 0 radical (unpaired) electrons. The Morgan fingerprint density at radius 1 is 1.41 bits per heavy atom. The van der Waals surface area contributed by atoms with Gasteiger partial charge < -0.3 is 10.4 Å². The summed E-state index contributed by atoms with van der Waals surface area (Å²) in [5.41, 5.74) is 1.12. The Bertz CT molecular complexity index is 384. The highest BCUT2D eigenvalue weighted by atomic mass is 16.4. The highest BCUT2D eigenvalue weighted by Gasteiger charge is 2.33. The first-order valence-corrected chi connectivity index (χ1v) is 6.12. The van der Waals surface area contributed by atoms with Crippen molar-refractivity contribution in [2.45, 2.75) is 32.2 Å². The van der Waals surface area contributed by atoms with E-state index in [0.29, 0.717) is 5.41 Å². The maximum Gasteiger partial charge on any atom is 0.325 e. The van der Waals surface area contributed by atoms with Crippen LogP contribution < -0.4 is 5.32 Å². The fraction of sp³-hybridized carbons (Fsp3) is 0.500. The van der Waals surface area contributed by atoms with E-state index in [2.05, 4.69) is 12.2 Å². The normalized spacial score (nSPS) is 19.4. The number of rotatable bonds is 5. The second-order valence-corrected chi connectivity index (χ2v) is 5.23. The monoisotopic (exact) mass is 233 g/mol. The number of nitrogens with one attached hydrogen (secondary N) is 1. The summed E-state index contributed by atoms with van der Waals surface area (Å²) in [5, 5.41) is 12.4. The summed E-state index contributed by atoms with van der Waals surface area (Å²) in [5.74, 6) is -0.806. The molecule has 1 fully saturated rings. The topological polar surface area (TPSA) is 49.3 Å². The molecule has 0 aliphatic heterocycles. The number of carbonyl (C=O) groups is 1. The minimum Gasteiger partial charge on any atom is -0.480 e. The summed E-state index contributed by atoms with van der Waals surface area (Å²) < 4.78 is 0. The van der Waals surface area contributed by atoms with Crippen LogP contribution in [0, 0.1) is 5.41 Å². The summed E-state index contributed by atoms with van der Waals surface area (Å²) >= 11 is 0. The van der Waals surface area contributed by atoms with Crippen molar-refractivity contribution in [2.24, 2.45) is 5.41 Å². The van der Waals surface area contributed by atoms with Gasteiger partial charge in [-0.15, -0.1) is 0 Å². The van der Waals surface area contributed by atoms with Gasteiger partial charge in [0.05, 0.1) is 0 Å². The van der Waals surface area contributed by atoms with Gasteiger partial charge in [0, 0.05) is 6.54 Å². The SMILES string of the molecule is CC1(CNC(C(=O)O)c2ccccc2)CCC1. The van der Waals surface area contributed by atoms with Gasteiger partial charge in [-0.2, -0.15) is 0 Å². The van der Waals surface area contributed by atoms with Gasteiger partial charge in [0.15, 0.2) is 0 Å². The lowest BCUT2D eigenvalue weighted by Crippen LogP contribution is -2.40. The summed E-state index contributed by atoms with van der Waals surface area (Å²) in [6.45, 7) is 2.99. The smallest absolute Gasteiger partial charge is 0.325 e. The van der Waals surface area contributed by atoms with Crippen molar-refractivity contribution in [1.29, 1.82) is 0 Å². The molecule has 0 heterocycles.